The van der Waals surface area contributed by atoms with Gasteiger partial charge in [-0.1, -0.05) is 18.9 Å². The zero-order valence-corrected chi connectivity index (χ0v) is 14.2. The molecule has 25 heavy (non-hydrogen) atoms. The first-order valence-corrected chi connectivity index (χ1v) is 8.65. The maximum absolute atomic E-state index is 12.7. The van der Waals surface area contributed by atoms with Gasteiger partial charge in [0.2, 0.25) is 0 Å². The Labute approximate surface area is 146 Å². The highest BCUT2D eigenvalue weighted by atomic mass is 16.1. The van der Waals surface area contributed by atoms with E-state index in [0.717, 1.165) is 22.4 Å². The Kier molecular flexibility index (Phi) is 4.09. The smallest absolute Gasteiger partial charge is 0.255 e. The molecule has 1 aliphatic rings. The molecule has 0 unspecified atom stereocenters. The number of aryl methyl sites for hydroxylation is 1. The molecule has 1 amide bonds. The van der Waals surface area contributed by atoms with Gasteiger partial charge in [-0.15, -0.1) is 0 Å². The summed E-state index contributed by atoms with van der Waals surface area (Å²) >= 11 is 0. The Morgan fingerprint density at radius 1 is 1.24 bits per heavy atom. The quantitative estimate of drug-likeness (QED) is 0.764. The molecular weight excluding hydrogens is 314 g/mol. The summed E-state index contributed by atoms with van der Waals surface area (Å²) in [4.78, 5) is 17.0. The van der Waals surface area contributed by atoms with Crippen molar-refractivity contribution in [1.82, 2.24) is 14.8 Å². The molecule has 1 fully saturated rings. The fourth-order valence-electron chi connectivity index (χ4n) is 3.41. The third-order valence-electron chi connectivity index (χ3n) is 4.77. The van der Waals surface area contributed by atoms with Crippen molar-refractivity contribution in [2.45, 2.75) is 31.7 Å². The zero-order valence-electron chi connectivity index (χ0n) is 14.2. The average Bonchev–Trinajstić information content (AvgIpc) is 3.26. The zero-order chi connectivity index (χ0) is 17.2. The van der Waals surface area contributed by atoms with Crippen molar-refractivity contribution in [3.05, 3.63) is 48.3 Å². The number of fused-ring (bicyclic) bond motifs is 1. The van der Waals surface area contributed by atoms with E-state index in [0.29, 0.717) is 11.6 Å². The van der Waals surface area contributed by atoms with Crippen molar-refractivity contribution < 1.29 is 4.79 Å². The van der Waals surface area contributed by atoms with Gasteiger partial charge in [-0.25, -0.2) is 4.98 Å². The van der Waals surface area contributed by atoms with Gasteiger partial charge in [0.05, 0.1) is 17.4 Å². The Balaban J connectivity index is 1.54. The van der Waals surface area contributed by atoms with E-state index in [1.54, 1.807) is 23.1 Å². The second-order valence-corrected chi connectivity index (χ2v) is 6.52. The number of aromatic nitrogens is 3. The van der Waals surface area contributed by atoms with Crippen molar-refractivity contribution in [2.24, 2.45) is 7.05 Å². The van der Waals surface area contributed by atoms with Crippen LogP contribution in [0.4, 0.5) is 11.5 Å². The van der Waals surface area contributed by atoms with E-state index in [2.05, 4.69) is 20.7 Å². The van der Waals surface area contributed by atoms with Gasteiger partial charge in [-0.2, -0.15) is 5.10 Å². The van der Waals surface area contributed by atoms with Crippen molar-refractivity contribution in [1.29, 1.82) is 0 Å². The number of hydrogen-bond acceptors (Lipinski definition) is 4. The molecule has 3 aromatic rings. The Morgan fingerprint density at radius 2 is 2.08 bits per heavy atom. The number of carbonyl (C=O) groups is 1. The number of pyridine rings is 1. The first kappa shape index (κ1) is 15.6. The molecule has 6 nitrogen and oxygen atoms in total. The van der Waals surface area contributed by atoms with Crippen molar-refractivity contribution >= 4 is 28.3 Å². The summed E-state index contributed by atoms with van der Waals surface area (Å²) in [6.45, 7) is 0. The van der Waals surface area contributed by atoms with Crippen molar-refractivity contribution in [3.63, 3.8) is 0 Å². The van der Waals surface area contributed by atoms with Crippen LogP contribution < -0.4 is 10.6 Å². The van der Waals surface area contributed by atoms with Gasteiger partial charge in [0.25, 0.3) is 5.91 Å². The topological polar surface area (TPSA) is 71.8 Å². The van der Waals surface area contributed by atoms with Crippen LogP contribution in [0.25, 0.3) is 10.9 Å². The molecular formula is C19H21N5O. The minimum absolute atomic E-state index is 0.145. The SMILES string of the molecule is Cn1ncc2c(NC(=O)c3ccnc(NC4CCCC4)c3)cccc21. The number of benzene rings is 1. The summed E-state index contributed by atoms with van der Waals surface area (Å²) in [5, 5.41) is 11.6. The summed E-state index contributed by atoms with van der Waals surface area (Å²) in [6.07, 6.45) is 8.30. The molecule has 0 atom stereocenters. The van der Waals surface area contributed by atoms with Crippen LogP contribution in [0.1, 0.15) is 36.0 Å². The Morgan fingerprint density at radius 3 is 2.92 bits per heavy atom. The van der Waals surface area contributed by atoms with Crippen LogP contribution >= 0.6 is 0 Å². The minimum atomic E-state index is -0.145. The highest BCUT2D eigenvalue weighted by Gasteiger charge is 2.16. The molecule has 0 bridgehead atoms. The molecule has 1 aliphatic carbocycles. The van der Waals surface area contributed by atoms with Crippen LogP contribution in [0, 0.1) is 0 Å². The monoisotopic (exact) mass is 335 g/mol. The van der Waals surface area contributed by atoms with Crippen molar-refractivity contribution in [2.75, 3.05) is 10.6 Å². The standard InChI is InChI=1S/C19H21N5O/c1-24-17-8-4-7-16(15(17)12-21-24)23-19(25)13-9-10-20-18(11-13)22-14-5-2-3-6-14/h4,7-12,14H,2-3,5-6H2,1H3,(H,20,22)(H,23,25). The molecule has 0 spiro atoms. The second kappa shape index (κ2) is 6.55. The normalized spacial score (nSPS) is 14.8. The van der Waals surface area contributed by atoms with Crippen LogP contribution in [0.2, 0.25) is 0 Å². The molecule has 2 aromatic heterocycles. The lowest BCUT2D eigenvalue weighted by atomic mass is 10.2. The third kappa shape index (κ3) is 3.20. The third-order valence-corrected chi connectivity index (χ3v) is 4.77. The van der Waals surface area contributed by atoms with Crippen LogP contribution in [0.15, 0.2) is 42.7 Å². The molecule has 4 rings (SSSR count). The number of nitrogens with one attached hydrogen (secondary N) is 2. The van der Waals surface area contributed by atoms with Crippen molar-refractivity contribution in [3.8, 4) is 0 Å². The van der Waals surface area contributed by atoms with Gasteiger partial charge in [-0.3, -0.25) is 9.48 Å². The number of carbonyl (C=O) groups excluding carboxylic acids is 1. The maximum Gasteiger partial charge on any atom is 0.255 e. The maximum atomic E-state index is 12.7. The number of nitrogens with zero attached hydrogens (tertiary/aromatic N) is 3. The lowest BCUT2D eigenvalue weighted by Gasteiger charge is -2.13. The van der Waals surface area contributed by atoms with Gasteiger partial charge >= 0.3 is 0 Å². The van der Waals surface area contributed by atoms with E-state index in [1.165, 1.54) is 25.7 Å². The van der Waals surface area contributed by atoms with E-state index in [9.17, 15) is 4.79 Å². The average molecular weight is 335 g/mol. The number of rotatable bonds is 4. The van der Waals surface area contributed by atoms with E-state index in [4.69, 9.17) is 0 Å². The molecule has 128 valence electrons. The van der Waals surface area contributed by atoms with Crippen LogP contribution in [0.5, 0.6) is 0 Å². The summed E-state index contributed by atoms with van der Waals surface area (Å²) < 4.78 is 1.79. The predicted octanol–water partition coefficient (Wildman–Crippen LogP) is 3.58. The van der Waals surface area contributed by atoms with E-state index >= 15 is 0 Å². The summed E-state index contributed by atoms with van der Waals surface area (Å²) in [7, 11) is 1.89. The van der Waals surface area contributed by atoms with Crippen LogP contribution in [-0.2, 0) is 7.05 Å². The Hall–Kier alpha value is -2.89. The lowest BCUT2D eigenvalue weighted by Crippen LogP contribution is -2.17. The van der Waals surface area contributed by atoms with Gasteiger partial charge in [-0.05, 0) is 37.1 Å². The number of anilines is 2. The number of hydrogen-bond donors (Lipinski definition) is 2. The largest absolute Gasteiger partial charge is 0.367 e. The first-order valence-electron chi connectivity index (χ1n) is 8.65. The molecule has 1 saturated carbocycles. The molecule has 6 heteroatoms. The van der Waals surface area contributed by atoms with Crippen LogP contribution in [-0.4, -0.2) is 26.7 Å². The second-order valence-electron chi connectivity index (χ2n) is 6.52. The van der Waals surface area contributed by atoms with E-state index in [-0.39, 0.29) is 5.91 Å². The fraction of sp³-hybridized carbons (Fsp3) is 0.316. The van der Waals surface area contributed by atoms with E-state index in [1.807, 2.05) is 31.3 Å². The molecule has 0 radical (unpaired) electrons. The lowest BCUT2D eigenvalue weighted by molar-refractivity contribution is 0.102. The summed E-state index contributed by atoms with van der Waals surface area (Å²) in [5.74, 6) is 0.618. The van der Waals surface area contributed by atoms with Crippen LogP contribution in [0.3, 0.4) is 0 Å². The minimum Gasteiger partial charge on any atom is -0.367 e. The molecule has 1 aromatic carbocycles. The molecule has 2 heterocycles. The van der Waals surface area contributed by atoms with Gasteiger partial charge < -0.3 is 10.6 Å². The first-order chi connectivity index (χ1) is 12.2. The fourth-order valence-corrected chi connectivity index (χ4v) is 3.41. The predicted molar refractivity (Wildman–Crippen MR) is 98.8 cm³/mol. The summed E-state index contributed by atoms with van der Waals surface area (Å²) in [5.41, 5.74) is 2.34. The molecule has 2 N–H and O–H groups in total. The van der Waals surface area contributed by atoms with E-state index < -0.39 is 0 Å². The summed E-state index contributed by atoms with van der Waals surface area (Å²) in [6, 6.07) is 9.80. The van der Waals surface area contributed by atoms with Gasteiger partial charge in [0, 0.05) is 30.2 Å². The molecule has 0 aliphatic heterocycles. The highest BCUT2D eigenvalue weighted by Crippen LogP contribution is 2.24. The highest BCUT2D eigenvalue weighted by molar-refractivity contribution is 6.08. The Bertz CT molecular complexity index is 911. The number of amides is 1. The van der Waals surface area contributed by atoms with Gasteiger partial charge in [0.15, 0.2) is 0 Å². The molecule has 0 saturated heterocycles. The van der Waals surface area contributed by atoms with Gasteiger partial charge in [0.1, 0.15) is 5.82 Å².